The van der Waals surface area contributed by atoms with E-state index in [1.54, 1.807) is 43.4 Å². The van der Waals surface area contributed by atoms with Gasteiger partial charge in [0.15, 0.2) is 0 Å². The molecule has 0 spiro atoms. The van der Waals surface area contributed by atoms with Gasteiger partial charge >= 0.3 is 0 Å². The van der Waals surface area contributed by atoms with Crippen molar-refractivity contribution in [2.24, 2.45) is 5.92 Å². The zero-order valence-corrected chi connectivity index (χ0v) is 19.8. The molecule has 3 N–H and O–H groups in total. The maximum Gasteiger partial charge on any atom is 0.255 e. The third-order valence-corrected chi connectivity index (χ3v) is 6.02. The Morgan fingerprint density at radius 3 is 2.25 bits per heavy atom. The van der Waals surface area contributed by atoms with Gasteiger partial charge in [-0.1, -0.05) is 39.5 Å². The van der Waals surface area contributed by atoms with Crippen LogP contribution in [0.25, 0.3) is 33.4 Å². The standard InChI is InChI=1S/C28H27FN2O4.CH4/c1-16(2)23(15-32)31-27(33)20-6-4-5-18(13-20)19-9-12-24-22(14-19)25(28(34)30-3)26(35-24)17-7-10-21(29)11-8-17;/h4-14,16,23,32H,15H2,1-3H3,(H,30,34)(H,31,33);1H4/t23-;/m0./s1. The predicted octanol–water partition coefficient (Wildman–Crippen LogP) is 5.65. The van der Waals surface area contributed by atoms with Crippen molar-refractivity contribution in [2.45, 2.75) is 27.3 Å². The van der Waals surface area contributed by atoms with E-state index in [0.29, 0.717) is 33.4 Å². The Labute approximate surface area is 210 Å². The Hall–Kier alpha value is -3.97. The van der Waals surface area contributed by atoms with E-state index in [-0.39, 0.29) is 43.6 Å². The first-order valence-electron chi connectivity index (χ1n) is 11.4. The van der Waals surface area contributed by atoms with Crippen molar-refractivity contribution in [1.82, 2.24) is 10.6 Å². The Balaban J connectivity index is 0.00000361. The first-order chi connectivity index (χ1) is 16.8. The number of furan rings is 1. The molecule has 1 heterocycles. The van der Waals surface area contributed by atoms with Crippen molar-refractivity contribution < 1.29 is 23.5 Å². The number of carbonyl (C=O) groups is 2. The van der Waals surface area contributed by atoms with E-state index < -0.39 is 0 Å². The fraction of sp³-hybridized carbons (Fsp3) is 0.241. The van der Waals surface area contributed by atoms with Crippen LogP contribution in [0.2, 0.25) is 0 Å². The lowest BCUT2D eigenvalue weighted by Gasteiger charge is -2.20. The smallest absolute Gasteiger partial charge is 0.255 e. The number of nitrogens with one attached hydrogen (secondary N) is 2. The van der Waals surface area contributed by atoms with Gasteiger partial charge < -0.3 is 20.2 Å². The Morgan fingerprint density at radius 2 is 1.61 bits per heavy atom. The molecule has 36 heavy (non-hydrogen) atoms. The van der Waals surface area contributed by atoms with Crippen LogP contribution in [0.1, 0.15) is 42.0 Å². The Bertz CT molecular complexity index is 1380. The van der Waals surface area contributed by atoms with Crippen LogP contribution in [0.5, 0.6) is 0 Å². The van der Waals surface area contributed by atoms with Gasteiger partial charge in [0.25, 0.3) is 11.8 Å². The van der Waals surface area contributed by atoms with Crippen LogP contribution in [0, 0.1) is 11.7 Å². The van der Waals surface area contributed by atoms with Crippen LogP contribution in [0.4, 0.5) is 4.39 Å². The average Bonchev–Trinajstić information content (AvgIpc) is 3.25. The van der Waals surface area contributed by atoms with Crippen LogP contribution >= 0.6 is 0 Å². The van der Waals surface area contributed by atoms with Gasteiger partial charge in [0.05, 0.1) is 18.2 Å². The number of benzene rings is 3. The second-order valence-electron chi connectivity index (χ2n) is 8.69. The first-order valence-corrected chi connectivity index (χ1v) is 11.4. The summed E-state index contributed by atoms with van der Waals surface area (Å²) in [5.74, 6) is -0.524. The van der Waals surface area contributed by atoms with E-state index in [2.05, 4.69) is 10.6 Å². The summed E-state index contributed by atoms with van der Waals surface area (Å²) in [5, 5.41) is 15.7. The summed E-state index contributed by atoms with van der Waals surface area (Å²) < 4.78 is 19.4. The van der Waals surface area contributed by atoms with Gasteiger partial charge in [-0.25, -0.2) is 4.39 Å². The summed E-state index contributed by atoms with van der Waals surface area (Å²) in [5.41, 5.74) is 3.51. The Morgan fingerprint density at radius 1 is 0.944 bits per heavy atom. The normalized spacial score (nSPS) is 11.7. The van der Waals surface area contributed by atoms with E-state index in [1.165, 1.54) is 12.1 Å². The number of hydrogen-bond acceptors (Lipinski definition) is 4. The topological polar surface area (TPSA) is 91.6 Å². The number of amides is 2. The third kappa shape index (κ3) is 5.31. The maximum atomic E-state index is 13.4. The zero-order chi connectivity index (χ0) is 25.1. The molecule has 0 aliphatic heterocycles. The molecule has 4 aromatic rings. The molecule has 188 valence electrons. The summed E-state index contributed by atoms with van der Waals surface area (Å²) in [7, 11) is 1.54. The number of carbonyl (C=O) groups excluding carboxylic acids is 2. The molecule has 0 saturated heterocycles. The van der Waals surface area contributed by atoms with E-state index in [9.17, 15) is 19.1 Å². The molecule has 0 aliphatic carbocycles. The van der Waals surface area contributed by atoms with Crippen LogP contribution < -0.4 is 10.6 Å². The summed E-state index contributed by atoms with van der Waals surface area (Å²) in [4.78, 5) is 25.6. The fourth-order valence-corrected chi connectivity index (χ4v) is 3.95. The van der Waals surface area contributed by atoms with Gasteiger partial charge in [0.1, 0.15) is 17.2 Å². The molecule has 1 atom stereocenters. The molecule has 0 bridgehead atoms. The van der Waals surface area contributed by atoms with E-state index in [4.69, 9.17) is 4.42 Å². The minimum absolute atomic E-state index is 0. The lowest BCUT2D eigenvalue weighted by molar-refractivity contribution is 0.0896. The molecular weight excluding hydrogens is 459 g/mol. The molecule has 0 aliphatic rings. The molecule has 4 rings (SSSR count). The maximum absolute atomic E-state index is 13.4. The summed E-state index contributed by atoms with van der Waals surface area (Å²) in [6.45, 7) is 3.73. The zero-order valence-electron chi connectivity index (χ0n) is 19.8. The summed E-state index contributed by atoms with van der Waals surface area (Å²) in [6.07, 6.45) is 0. The largest absolute Gasteiger partial charge is 0.455 e. The number of fused-ring (bicyclic) bond motifs is 1. The van der Waals surface area contributed by atoms with Gasteiger partial charge in [0.2, 0.25) is 0 Å². The fourth-order valence-electron chi connectivity index (χ4n) is 3.95. The Kier molecular flexibility index (Phi) is 8.27. The number of aliphatic hydroxyl groups is 1. The van der Waals surface area contributed by atoms with Crippen molar-refractivity contribution >= 4 is 22.8 Å². The molecule has 6 nitrogen and oxygen atoms in total. The van der Waals surface area contributed by atoms with Crippen molar-refractivity contribution in [3.63, 3.8) is 0 Å². The molecule has 0 fully saturated rings. The lowest BCUT2D eigenvalue weighted by Crippen LogP contribution is -2.41. The highest BCUT2D eigenvalue weighted by Gasteiger charge is 2.22. The summed E-state index contributed by atoms with van der Waals surface area (Å²) in [6, 6.07) is 18.1. The third-order valence-electron chi connectivity index (χ3n) is 6.02. The monoisotopic (exact) mass is 490 g/mol. The molecule has 7 heteroatoms. The van der Waals surface area contributed by atoms with E-state index in [1.807, 2.05) is 32.0 Å². The van der Waals surface area contributed by atoms with E-state index in [0.717, 1.165) is 11.1 Å². The van der Waals surface area contributed by atoms with Gasteiger partial charge in [-0.05, 0) is 65.6 Å². The first kappa shape index (κ1) is 26.6. The van der Waals surface area contributed by atoms with Crippen LogP contribution in [0.3, 0.4) is 0 Å². The van der Waals surface area contributed by atoms with Crippen molar-refractivity contribution in [1.29, 1.82) is 0 Å². The number of hydrogen-bond donors (Lipinski definition) is 3. The van der Waals surface area contributed by atoms with Gasteiger partial charge in [-0.15, -0.1) is 0 Å². The van der Waals surface area contributed by atoms with Gasteiger partial charge in [-0.2, -0.15) is 0 Å². The second-order valence-corrected chi connectivity index (χ2v) is 8.69. The predicted molar refractivity (Wildman–Crippen MR) is 140 cm³/mol. The molecular formula is C29H31FN2O4. The highest BCUT2D eigenvalue weighted by molar-refractivity contribution is 6.11. The number of aliphatic hydroxyl groups excluding tert-OH is 1. The molecule has 2 amide bonds. The summed E-state index contributed by atoms with van der Waals surface area (Å²) >= 11 is 0. The average molecular weight is 491 g/mol. The second kappa shape index (κ2) is 11.2. The molecule has 0 saturated carbocycles. The highest BCUT2D eigenvalue weighted by atomic mass is 19.1. The SMILES string of the molecule is C.CNC(=O)c1c(-c2ccc(F)cc2)oc2ccc(-c3cccc(C(=O)N[C@@H](CO)C(C)C)c3)cc12. The quantitative estimate of drug-likeness (QED) is 0.312. The van der Waals surface area contributed by atoms with Crippen molar-refractivity contribution in [2.75, 3.05) is 13.7 Å². The molecule has 1 aromatic heterocycles. The van der Waals surface area contributed by atoms with Crippen molar-refractivity contribution in [3.05, 3.63) is 83.7 Å². The van der Waals surface area contributed by atoms with Crippen LogP contribution in [0.15, 0.2) is 71.1 Å². The minimum atomic E-state index is -0.378. The van der Waals surface area contributed by atoms with Gasteiger partial charge in [0, 0.05) is 23.6 Å². The molecule has 0 radical (unpaired) electrons. The lowest BCUT2D eigenvalue weighted by atomic mass is 9.98. The highest BCUT2D eigenvalue weighted by Crippen LogP contribution is 2.36. The van der Waals surface area contributed by atoms with E-state index >= 15 is 0 Å². The van der Waals surface area contributed by atoms with Gasteiger partial charge in [-0.3, -0.25) is 9.59 Å². The molecule has 0 unspecified atom stereocenters. The number of rotatable bonds is 7. The van der Waals surface area contributed by atoms with Crippen LogP contribution in [-0.2, 0) is 0 Å². The number of halogens is 1. The van der Waals surface area contributed by atoms with Crippen LogP contribution in [-0.4, -0.2) is 36.6 Å². The molecule has 3 aromatic carbocycles. The minimum Gasteiger partial charge on any atom is -0.455 e. The van der Waals surface area contributed by atoms with Crippen molar-refractivity contribution in [3.8, 4) is 22.5 Å².